The van der Waals surface area contributed by atoms with E-state index in [0.717, 1.165) is 0 Å². The molecule has 1 aliphatic rings. The predicted molar refractivity (Wildman–Crippen MR) is 68.7 cm³/mol. The van der Waals surface area contributed by atoms with Gasteiger partial charge in [0.25, 0.3) is 0 Å². The lowest BCUT2D eigenvalue weighted by atomic mass is 10.0. The molecule has 1 N–H and O–H groups in total. The van der Waals surface area contributed by atoms with Gasteiger partial charge in [-0.3, -0.25) is 4.79 Å². The summed E-state index contributed by atoms with van der Waals surface area (Å²) in [6.07, 6.45) is 0. The molecule has 1 saturated heterocycles. The monoisotopic (exact) mass is 271 g/mol. The number of carbonyl (C=O) groups excluding carboxylic acids is 2. The van der Waals surface area contributed by atoms with E-state index < -0.39 is 11.5 Å². The quantitative estimate of drug-likeness (QED) is 0.770. The van der Waals surface area contributed by atoms with Crippen LogP contribution in [0, 0.1) is 0 Å². The SMILES string of the molecule is CC(=O)N1CCN(C(=O)N(C)C(C)(C)C(=O)O)CC1. The molecule has 0 spiro atoms. The van der Waals surface area contributed by atoms with Crippen LogP contribution in [0.3, 0.4) is 0 Å². The van der Waals surface area contributed by atoms with E-state index in [4.69, 9.17) is 5.11 Å². The van der Waals surface area contributed by atoms with Gasteiger partial charge in [0, 0.05) is 40.2 Å². The number of hydrogen-bond donors (Lipinski definition) is 1. The van der Waals surface area contributed by atoms with E-state index in [-0.39, 0.29) is 11.9 Å². The third-order valence-corrected chi connectivity index (χ3v) is 3.64. The normalized spacial score (nSPS) is 16.2. The standard InChI is InChI=1S/C12H21N3O4/c1-9(16)14-5-7-15(8-6-14)11(19)13(4)12(2,3)10(17)18/h5-8H2,1-4H3,(H,17,18). The highest BCUT2D eigenvalue weighted by Crippen LogP contribution is 2.16. The van der Waals surface area contributed by atoms with E-state index in [1.807, 2.05) is 0 Å². The first kappa shape index (κ1) is 15.3. The topological polar surface area (TPSA) is 81.2 Å². The summed E-state index contributed by atoms with van der Waals surface area (Å²) in [5.74, 6) is -1.06. The number of carbonyl (C=O) groups is 3. The highest BCUT2D eigenvalue weighted by atomic mass is 16.4. The average molecular weight is 271 g/mol. The van der Waals surface area contributed by atoms with Gasteiger partial charge in [0.15, 0.2) is 0 Å². The summed E-state index contributed by atoms with van der Waals surface area (Å²) in [6, 6.07) is -0.324. The van der Waals surface area contributed by atoms with Gasteiger partial charge >= 0.3 is 12.0 Å². The van der Waals surface area contributed by atoms with Crippen LogP contribution in [-0.2, 0) is 9.59 Å². The molecule has 7 heteroatoms. The van der Waals surface area contributed by atoms with Gasteiger partial charge in [0.05, 0.1) is 0 Å². The van der Waals surface area contributed by atoms with Gasteiger partial charge < -0.3 is 19.8 Å². The van der Waals surface area contributed by atoms with Crippen LogP contribution in [0.15, 0.2) is 0 Å². The predicted octanol–water partition coefficient (Wildman–Crippen LogP) is 0.0655. The number of likely N-dealkylation sites (N-methyl/N-ethyl adjacent to an activating group) is 1. The van der Waals surface area contributed by atoms with Gasteiger partial charge in [0.1, 0.15) is 5.54 Å². The molecule has 0 aromatic heterocycles. The van der Waals surface area contributed by atoms with Crippen LogP contribution in [0.1, 0.15) is 20.8 Å². The molecule has 0 aliphatic carbocycles. The summed E-state index contributed by atoms with van der Waals surface area (Å²) in [5.41, 5.74) is -1.26. The second-order valence-corrected chi connectivity index (χ2v) is 5.20. The molecule has 0 bridgehead atoms. The fourth-order valence-corrected chi connectivity index (χ4v) is 1.81. The van der Waals surface area contributed by atoms with E-state index in [9.17, 15) is 14.4 Å². The number of carboxylic acids is 1. The molecule has 1 heterocycles. The summed E-state index contributed by atoms with van der Waals surface area (Å²) in [5, 5.41) is 9.11. The van der Waals surface area contributed by atoms with Crippen molar-refractivity contribution in [1.82, 2.24) is 14.7 Å². The molecule has 1 fully saturated rings. The molecule has 7 nitrogen and oxygen atoms in total. The number of aliphatic carboxylic acids is 1. The maximum absolute atomic E-state index is 12.2. The van der Waals surface area contributed by atoms with Crippen molar-refractivity contribution in [3.8, 4) is 0 Å². The maximum Gasteiger partial charge on any atom is 0.329 e. The highest BCUT2D eigenvalue weighted by Gasteiger charge is 2.37. The molecule has 0 radical (unpaired) electrons. The minimum Gasteiger partial charge on any atom is -0.480 e. The zero-order valence-electron chi connectivity index (χ0n) is 11.8. The van der Waals surface area contributed by atoms with Crippen LogP contribution in [-0.4, -0.2) is 76.5 Å². The highest BCUT2D eigenvalue weighted by molar-refractivity contribution is 5.85. The third kappa shape index (κ3) is 3.15. The van der Waals surface area contributed by atoms with Crippen molar-refractivity contribution in [2.75, 3.05) is 33.2 Å². The van der Waals surface area contributed by atoms with Crippen LogP contribution in [0.5, 0.6) is 0 Å². The second kappa shape index (κ2) is 5.46. The zero-order valence-corrected chi connectivity index (χ0v) is 11.8. The van der Waals surface area contributed by atoms with E-state index in [0.29, 0.717) is 26.2 Å². The van der Waals surface area contributed by atoms with E-state index in [1.54, 1.807) is 9.80 Å². The Bertz CT molecular complexity index is 386. The number of piperazine rings is 1. The zero-order chi connectivity index (χ0) is 14.8. The van der Waals surface area contributed by atoms with Gasteiger partial charge in [-0.15, -0.1) is 0 Å². The molecule has 3 amide bonds. The Labute approximate surface area is 112 Å². The molecular weight excluding hydrogens is 250 g/mol. The second-order valence-electron chi connectivity index (χ2n) is 5.20. The van der Waals surface area contributed by atoms with E-state index in [1.165, 1.54) is 32.7 Å². The van der Waals surface area contributed by atoms with Crippen molar-refractivity contribution in [2.24, 2.45) is 0 Å². The van der Waals surface area contributed by atoms with Gasteiger partial charge in [-0.05, 0) is 13.8 Å². The average Bonchev–Trinajstić information content (AvgIpc) is 2.36. The van der Waals surface area contributed by atoms with Crippen molar-refractivity contribution in [2.45, 2.75) is 26.3 Å². The molecule has 19 heavy (non-hydrogen) atoms. The molecule has 0 aromatic rings. The van der Waals surface area contributed by atoms with Gasteiger partial charge in [-0.2, -0.15) is 0 Å². The Balaban J connectivity index is 2.65. The summed E-state index contributed by atoms with van der Waals surface area (Å²) < 4.78 is 0. The summed E-state index contributed by atoms with van der Waals surface area (Å²) in [7, 11) is 1.48. The molecule has 0 atom stereocenters. The molecule has 0 saturated carbocycles. The number of rotatable bonds is 2. The number of nitrogens with zero attached hydrogens (tertiary/aromatic N) is 3. The smallest absolute Gasteiger partial charge is 0.329 e. The Morgan fingerprint density at radius 3 is 1.84 bits per heavy atom. The van der Waals surface area contributed by atoms with E-state index in [2.05, 4.69) is 0 Å². The van der Waals surface area contributed by atoms with Gasteiger partial charge in [-0.25, -0.2) is 9.59 Å². The molecule has 108 valence electrons. The lowest BCUT2D eigenvalue weighted by Gasteiger charge is -2.39. The first-order valence-electron chi connectivity index (χ1n) is 6.19. The minimum atomic E-state index is -1.26. The molecule has 1 rings (SSSR count). The van der Waals surface area contributed by atoms with E-state index >= 15 is 0 Å². The molecule has 1 aliphatic heterocycles. The fraction of sp³-hybridized carbons (Fsp3) is 0.750. The summed E-state index contributed by atoms with van der Waals surface area (Å²) >= 11 is 0. The van der Waals surface area contributed by atoms with Gasteiger partial charge in [-0.1, -0.05) is 0 Å². The fourth-order valence-electron chi connectivity index (χ4n) is 1.81. The van der Waals surface area contributed by atoms with Crippen molar-refractivity contribution < 1.29 is 19.5 Å². The largest absolute Gasteiger partial charge is 0.480 e. The molecule has 0 unspecified atom stereocenters. The van der Waals surface area contributed by atoms with Gasteiger partial charge in [0.2, 0.25) is 5.91 Å². The first-order valence-corrected chi connectivity index (χ1v) is 6.19. The lowest BCUT2D eigenvalue weighted by Crippen LogP contribution is -2.58. The van der Waals surface area contributed by atoms with Crippen LogP contribution in [0.25, 0.3) is 0 Å². The maximum atomic E-state index is 12.2. The van der Waals surface area contributed by atoms with Crippen LogP contribution in [0.4, 0.5) is 4.79 Å². The Kier molecular flexibility index (Phi) is 4.39. The number of amides is 3. The van der Waals surface area contributed by atoms with Crippen LogP contribution < -0.4 is 0 Å². The summed E-state index contributed by atoms with van der Waals surface area (Å²) in [4.78, 5) is 39.0. The van der Waals surface area contributed by atoms with Crippen molar-refractivity contribution >= 4 is 17.9 Å². The first-order chi connectivity index (χ1) is 8.67. The Hall–Kier alpha value is -1.79. The van der Waals surface area contributed by atoms with Crippen molar-refractivity contribution in [1.29, 1.82) is 0 Å². The summed E-state index contributed by atoms with van der Waals surface area (Å²) in [6.45, 7) is 6.30. The van der Waals surface area contributed by atoms with Crippen molar-refractivity contribution in [3.63, 3.8) is 0 Å². The van der Waals surface area contributed by atoms with Crippen LogP contribution in [0.2, 0.25) is 0 Å². The molecule has 0 aromatic carbocycles. The Morgan fingerprint density at radius 2 is 1.47 bits per heavy atom. The Morgan fingerprint density at radius 1 is 1.05 bits per heavy atom. The number of urea groups is 1. The number of hydrogen-bond acceptors (Lipinski definition) is 3. The van der Waals surface area contributed by atoms with Crippen LogP contribution >= 0.6 is 0 Å². The lowest BCUT2D eigenvalue weighted by molar-refractivity contribution is -0.147. The minimum absolute atomic E-state index is 0.00804. The van der Waals surface area contributed by atoms with Crippen molar-refractivity contribution in [3.05, 3.63) is 0 Å². The number of carboxylic acid groups (broad SMARTS) is 1. The third-order valence-electron chi connectivity index (χ3n) is 3.64. The molecular formula is C12H21N3O4.